The van der Waals surface area contributed by atoms with Crippen molar-refractivity contribution in [2.24, 2.45) is 0 Å². The van der Waals surface area contributed by atoms with Crippen LogP contribution in [0.1, 0.15) is 46.5 Å². The molecule has 1 amide bonds. The molecule has 3 aromatic rings. The largest absolute Gasteiger partial charge is 0.490 e. The van der Waals surface area contributed by atoms with E-state index in [9.17, 15) is 9.59 Å². The number of hydrogen-bond donors (Lipinski definition) is 3. The molecule has 4 rings (SSSR count). The van der Waals surface area contributed by atoms with E-state index in [1.807, 2.05) is 37.3 Å². The van der Waals surface area contributed by atoms with Gasteiger partial charge in [0.1, 0.15) is 6.61 Å². The predicted molar refractivity (Wildman–Crippen MR) is 156 cm³/mol. The van der Waals surface area contributed by atoms with Crippen LogP contribution in [0.5, 0.6) is 11.5 Å². The van der Waals surface area contributed by atoms with Crippen molar-refractivity contribution in [2.75, 3.05) is 11.9 Å². The molecular weight excluding hydrogens is 512 g/mol. The van der Waals surface area contributed by atoms with E-state index < -0.39 is 5.97 Å². The Morgan fingerprint density at radius 3 is 2.44 bits per heavy atom. The lowest BCUT2D eigenvalue weighted by Gasteiger charge is -2.17. The molecule has 3 aromatic carbocycles. The molecule has 0 bridgehead atoms. The van der Waals surface area contributed by atoms with Crippen molar-refractivity contribution in [3.05, 3.63) is 106 Å². The summed E-state index contributed by atoms with van der Waals surface area (Å²) < 4.78 is 12.1. The summed E-state index contributed by atoms with van der Waals surface area (Å²) in [4.78, 5) is 24.5. The van der Waals surface area contributed by atoms with Gasteiger partial charge >= 0.3 is 5.97 Å². The number of carboxylic acid groups (broad SMARTS) is 1. The van der Waals surface area contributed by atoms with Gasteiger partial charge in [0, 0.05) is 11.3 Å². The third-order valence-electron chi connectivity index (χ3n) is 6.09. The minimum Gasteiger partial charge on any atom is -0.490 e. The summed E-state index contributed by atoms with van der Waals surface area (Å²) >= 11 is 1.43. The first-order chi connectivity index (χ1) is 18.9. The molecular formula is C31H32N2O5S. The van der Waals surface area contributed by atoms with E-state index in [1.54, 1.807) is 30.3 Å². The Bertz CT molecular complexity index is 1370. The predicted octanol–water partition coefficient (Wildman–Crippen LogP) is 6.25. The topological polar surface area (TPSA) is 96.9 Å². The Labute approximate surface area is 232 Å². The summed E-state index contributed by atoms with van der Waals surface area (Å²) in [5, 5.41) is 15.5. The molecule has 1 saturated heterocycles. The van der Waals surface area contributed by atoms with Gasteiger partial charge < -0.3 is 25.2 Å². The number of ether oxygens (including phenoxy) is 2. The van der Waals surface area contributed by atoms with E-state index >= 15 is 0 Å². The molecule has 1 fully saturated rings. The summed E-state index contributed by atoms with van der Waals surface area (Å²) in [5.74, 6) is 0.0525. The fourth-order valence-electron chi connectivity index (χ4n) is 4.10. The number of aryl methyl sites for hydroxylation is 1. The lowest BCUT2D eigenvalue weighted by Crippen LogP contribution is -2.30. The molecule has 0 aliphatic carbocycles. The normalized spacial score (nSPS) is 15.6. The number of allylic oxidation sites excluding steroid dienone is 1. The molecule has 1 aliphatic heterocycles. The van der Waals surface area contributed by atoms with Crippen LogP contribution < -0.4 is 20.1 Å². The molecule has 39 heavy (non-hydrogen) atoms. The molecule has 8 heteroatoms. The van der Waals surface area contributed by atoms with Crippen LogP contribution in [0.3, 0.4) is 0 Å². The van der Waals surface area contributed by atoms with Crippen LogP contribution in [-0.2, 0) is 24.2 Å². The second kappa shape index (κ2) is 13.1. The number of carboxylic acids is 1. The molecule has 1 atom stereocenters. The highest BCUT2D eigenvalue weighted by atomic mass is 32.2. The molecule has 202 valence electrons. The number of hydrogen-bond acceptors (Lipinski definition) is 6. The first-order valence-corrected chi connectivity index (χ1v) is 13.7. The number of thioether (sulfide) groups is 1. The standard InChI is InChI=1S/C31H32N2O5S/c1-4-7-24-16-22(18-27-29(34)33-31(39-27)32-25-14-10-20(5-2)11-15-25)17-26(37-6-3)28(24)38-19-21-8-12-23(13-9-21)30(35)36/h4,8-18,31-32H,1,5-7,19H2,2-3H3,(H,33,34)(H,35,36)/b27-18-/t31-/m0/s1. The molecule has 3 N–H and O–H groups in total. The maximum Gasteiger partial charge on any atom is 0.335 e. The van der Waals surface area contributed by atoms with Gasteiger partial charge in [0.25, 0.3) is 5.91 Å². The van der Waals surface area contributed by atoms with Crippen LogP contribution in [0.4, 0.5) is 5.69 Å². The van der Waals surface area contributed by atoms with Gasteiger partial charge in [-0.2, -0.15) is 0 Å². The fourth-order valence-corrected chi connectivity index (χ4v) is 5.09. The first kappa shape index (κ1) is 27.9. The Balaban J connectivity index is 1.54. The first-order valence-electron chi connectivity index (χ1n) is 12.8. The fraction of sp³-hybridized carbons (Fsp3) is 0.226. The van der Waals surface area contributed by atoms with Crippen LogP contribution in [-0.4, -0.2) is 29.1 Å². The van der Waals surface area contributed by atoms with Gasteiger partial charge in [-0.3, -0.25) is 4.79 Å². The molecule has 0 spiro atoms. The van der Waals surface area contributed by atoms with Crippen molar-refractivity contribution >= 4 is 35.4 Å². The zero-order valence-corrected chi connectivity index (χ0v) is 22.8. The van der Waals surface area contributed by atoms with Gasteiger partial charge in [-0.25, -0.2) is 4.79 Å². The van der Waals surface area contributed by atoms with Crippen molar-refractivity contribution in [3.63, 3.8) is 0 Å². The van der Waals surface area contributed by atoms with E-state index in [-0.39, 0.29) is 23.6 Å². The molecule has 7 nitrogen and oxygen atoms in total. The van der Waals surface area contributed by atoms with Crippen molar-refractivity contribution in [1.82, 2.24) is 5.32 Å². The van der Waals surface area contributed by atoms with Crippen molar-refractivity contribution in [2.45, 2.75) is 38.8 Å². The summed E-state index contributed by atoms with van der Waals surface area (Å²) in [6.07, 6.45) is 5.16. The summed E-state index contributed by atoms with van der Waals surface area (Å²) in [7, 11) is 0. The van der Waals surface area contributed by atoms with Gasteiger partial charge in [-0.1, -0.05) is 49.0 Å². The highest BCUT2D eigenvalue weighted by molar-refractivity contribution is 8.05. The minimum absolute atomic E-state index is 0.143. The van der Waals surface area contributed by atoms with Gasteiger partial charge in [-0.05, 0) is 78.9 Å². The van der Waals surface area contributed by atoms with Crippen molar-refractivity contribution in [1.29, 1.82) is 0 Å². The van der Waals surface area contributed by atoms with Crippen LogP contribution in [0.15, 0.2) is 78.2 Å². The molecule has 0 radical (unpaired) electrons. The number of amides is 1. The average molecular weight is 545 g/mol. The molecule has 1 aliphatic rings. The molecule has 1 heterocycles. The van der Waals surface area contributed by atoms with Gasteiger partial charge in [0.2, 0.25) is 0 Å². The molecule has 0 saturated carbocycles. The lowest BCUT2D eigenvalue weighted by molar-refractivity contribution is -0.116. The van der Waals surface area contributed by atoms with E-state index in [2.05, 4.69) is 36.3 Å². The SMILES string of the molecule is C=CCc1cc(/C=C2\S[C@@H](Nc3ccc(CC)cc3)NC2=O)cc(OCC)c1OCc1ccc(C(=O)O)cc1. The second-order valence-corrected chi connectivity index (χ2v) is 10.0. The summed E-state index contributed by atoms with van der Waals surface area (Å²) in [6, 6.07) is 18.6. The zero-order chi connectivity index (χ0) is 27.8. The van der Waals surface area contributed by atoms with Crippen LogP contribution >= 0.6 is 11.8 Å². The molecule has 0 aromatic heterocycles. The smallest absolute Gasteiger partial charge is 0.335 e. The number of carbonyl (C=O) groups excluding carboxylic acids is 1. The van der Waals surface area contributed by atoms with Crippen molar-refractivity contribution in [3.8, 4) is 11.5 Å². The number of rotatable bonds is 12. The highest BCUT2D eigenvalue weighted by Gasteiger charge is 2.27. The second-order valence-electron chi connectivity index (χ2n) is 8.90. The van der Waals surface area contributed by atoms with Crippen molar-refractivity contribution < 1.29 is 24.2 Å². The van der Waals surface area contributed by atoms with Gasteiger partial charge in [0.05, 0.1) is 17.1 Å². The summed E-state index contributed by atoms with van der Waals surface area (Å²) in [6.45, 7) is 8.58. The number of carbonyl (C=O) groups is 2. The summed E-state index contributed by atoms with van der Waals surface area (Å²) in [5.41, 5.74) is 4.67. The van der Waals surface area contributed by atoms with E-state index in [0.29, 0.717) is 29.4 Å². The third-order valence-corrected chi connectivity index (χ3v) is 7.12. The quantitative estimate of drug-likeness (QED) is 0.183. The van der Waals surface area contributed by atoms with E-state index in [1.165, 1.54) is 17.3 Å². The number of anilines is 1. The average Bonchev–Trinajstić information content (AvgIpc) is 3.27. The Morgan fingerprint density at radius 1 is 1.08 bits per heavy atom. The zero-order valence-electron chi connectivity index (χ0n) is 22.0. The van der Waals surface area contributed by atoms with Gasteiger partial charge in [-0.15, -0.1) is 6.58 Å². The monoisotopic (exact) mass is 544 g/mol. The lowest BCUT2D eigenvalue weighted by atomic mass is 10.0. The van der Waals surface area contributed by atoms with Crippen LogP contribution in [0, 0.1) is 0 Å². The number of nitrogens with one attached hydrogen (secondary N) is 2. The maximum atomic E-state index is 12.7. The maximum absolute atomic E-state index is 12.7. The van der Waals surface area contributed by atoms with E-state index in [0.717, 1.165) is 28.8 Å². The van der Waals surface area contributed by atoms with Crippen LogP contribution in [0.2, 0.25) is 0 Å². The van der Waals surface area contributed by atoms with E-state index in [4.69, 9.17) is 14.6 Å². The Hall–Kier alpha value is -4.17. The number of aromatic carboxylic acids is 1. The minimum atomic E-state index is -0.971. The highest BCUT2D eigenvalue weighted by Crippen LogP contribution is 2.37. The van der Waals surface area contributed by atoms with Gasteiger partial charge in [0.15, 0.2) is 17.0 Å². The Kier molecular flexibility index (Phi) is 9.33. The molecule has 0 unspecified atom stereocenters. The van der Waals surface area contributed by atoms with Crippen LogP contribution in [0.25, 0.3) is 6.08 Å². The number of benzene rings is 3. The Morgan fingerprint density at radius 2 is 1.79 bits per heavy atom. The third kappa shape index (κ3) is 7.23.